The molecular formula is C12H14ClN3. The first kappa shape index (κ1) is 11.3. The summed E-state index contributed by atoms with van der Waals surface area (Å²) in [6.45, 7) is 4.00. The van der Waals surface area contributed by atoms with Crippen molar-refractivity contribution in [2.75, 3.05) is 38.1 Å². The SMILES string of the molecule is CN1CCN(c2ccc(Cl)cc2C#N)CC1. The van der Waals surface area contributed by atoms with Crippen molar-refractivity contribution >= 4 is 17.3 Å². The summed E-state index contributed by atoms with van der Waals surface area (Å²) in [5, 5.41) is 9.70. The number of anilines is 1. The highest BCUT2D eigenvalue weighted by Crippen LogP contribution is 2.24. The number of nitriles is 1. The van der Waals surface area contributed by atoms with Crippen molar-refractivity contribution in [3.8, 4) is 6.07 Å². The fourth-order valence-corrected chi connectivity index (χ4v) is 2.09. The minimum absolute atomic E-state index is 0.620. The van der Waals surface area contributed by atoms with E-state index in [-0.39, 0.29) is 0 Å². The molecule has 1 saturated heterocycles. The summed E-state index contributed by atoms with van der Waals surface area (Å²) < 4.78 is 0. The molecule has 16 heavy (non-hydrogen) atoms. The standard InChI is InChI=1S/C12H14ClN3/c1-15-4-6-16(7-5-15)12-3-2-11(13)8-10(12)9-14/h2-3,8H,4-7H2,1H3. The average Bonchev–Trinajstić information content (AvgIpc) is 2.30. The minimum Gasteiger partial charge on any atom is -0.368 e. The molecule has 0 aliphatic carbocycles. The molecule has 0 bridgehead atoms. The number of benzene rings is 1. The third-order valence-corrected chi connectivity index (χ3v) is 3.16. The molecule has 1 aliphatic heterocycles. The second-order valence-corrected chi connectivity index (χ2v) is 4.50. The first-order valence-electron chi connectivity index (χ1n) is 5.34. The molecular weight excluding hydrogens is 222 g/mol. The fourth-order valence-electron chi connectivity index (χ4n) is 1.92. The van der Waals surface area contributed by atoms with Crippen LogP contribution in [0.15, 0.2) is 18.2 Å². The number of piperazine rings is 1. The Morgan fingerprint density at radius 3 is 2.56 bits per heavy atom. The molecule has 1 aromatic carbocycles. The lowest BCUT2D eigenvalue weighted by atomic mass is 10.1. The van der Waals surface area contributed by atoms with E-state index in [2.05, 4.69) is 22.9 Å². The van der Waals surface area contributed by atoms with E-state index in [1.54, 1.807) is 6.07 Å². The lowest BCUT2D eigenvalue weighted by Gasteiger charge is -2.34. The van der Waals surface area contributed by atoms with Gasteiger partial charge in [0.15, 0.2) is 0 Å². The molecule has 0 spiro atoms. The number of nitrogens with zero attached hydrogens (tertiary/aromatic N) is 3. The minimum atomic E-state index is 0.620. The molecule has 84 valence electrons. The lowest BCUT2D eigenvalue weighted by Crippen LogP contribution is -2.44. The van der Waals surface area contributed by atoms with E-state index in [9.17, 15) is 0 Å². The topological polar surface area (TPSA) is 30.3 Å². The molecule has 4 heteroatoms. The van der Waals surface area contributed by atoms with Gasteiger partial charge in [0, 0.05) is 31.2 Å². The van der Waals surface area contributed by atoms with Gasteiger partial charge >= 0.3 is 0 Å². The summed E-state index contributed by atoms with van der Waals surface area (Å²) in [4.78, 5) is 4.54. The van der Waals surface area contributed by atoms with Gasteiger partial charge in [-0.3, -0.25) is 0 Å². The molecule has 0 atom stereocenters. The van der Waals surface area contributed by atoms with Crippen LogP contribution in [0.1, 0.15) is 5.56 Å². The van der Waals surface area contributed by atoms with Gasteiger partial charge in [0.25, 0.3) is 0 Å². The predicted octanol–water partition coefficient (Wildman–Crippen LogP) is 1.96. The zero-order valence-electron chi connectivity index (χ0n) is 9.28. The number of halogens is 1. The molecule has 0 N–H and O–H groups in total. The normalized spacial score (nSPS) is 17.2. The Balaban J connectivity index is 2.24. The first-order chi connectivity index (χ1) is 7.70. The molecule has 0 amide bonds. The van der Waals surface area contributed by atoms with Crippen molar-refractivity contribution in [3.63, 3.8) is 0 Å². The predicted molar refractivity (Wildman–Crippen MR) is 65.9 cm³/mol. The lowest BCUT2D eigenvalue weighted by molar-refractivity contribution is 0.313. The number of hydrogen-bond donors (Lipinski definition) is 0. The molecule has 1 aromatic rings. The van der Waals surface area contributed by atoms with E-state index in [1.165, 1.54) is 0 Å². The maximum absolute atomic E-state index is 9.08. The van der Waals surface area contributed by atoms with Crippen molar-refractivity contribution < 1.29 is 0 Å². The zero-order valence-corrected chi connectivity index (χ0v) is 10.0. The maximum Gasteiger partial charge on any atom is 0.101 e. The van der Waals surface area contributed by atoms with E-state index >= 15 is 0 Å². The summed E-state index contributed by atoms with van der Waals surface area (Å²) >= 11 is 5.88. The Hall–Kier alpha value is -1.24. The number of likely N-dealkylation sites (N-methyl/N-ethyl adjacent to an activating group) is 1. The Labute approximate surface area is 101 Å². The smallest absolute Gasteiger partial charge is 0.101 e. The van der Waals surface area contributed by atoms with Crippen LogP contribution in [-0.4, -0.2) is 38.1 Å². The van der Waals surface area contributed by atoms with Crippen molar-refractivity contribution in [3.05, 3.63) is 28.8 Å². The highest BCUT2D eigenvalue weighted by molar-refractivity contribution is 6.30. The van der Waals surface area contributed by atoms with E-state index in [0.29, 0.717) is 10.6 Å². The number of rotatable bonds is 1. The molecule has 3 nitrogen and oxygen atoms in total. The molecule has 2 rings (SSSR count). The van der Waals surface area contributed by atoms with E-state index in [4.69, 9.17) is 16.9 Å². The molecule has 1 aliphatic rings. The van der Waals surface area contributed by atoms with Gasteiger partial charge in [0.2, 0.25) is 0 Å². The van der Waals surface area contributed by atoms with Crippen molar-refractivity contribution in [1.29, 1.82) is 5.26 Å². The van der Waals surface area contributed by atoms with Crippen LogP contribution >= 0.6 is 11.6 Å². The Kier molecular flexibility index (Phi) is 3.33. The summed E-state index contributed by atoms with van der Waals surface area (Å²) in [5.74, 6) is 0. The van der Waals surface area contributed by atoms with Crippen LogP contribution in [-0.2, 0) is 0 Å². The van der Waals surface area contributed by atoms with Crippen molar-refractivity contribution in [2.45, 2.75) is 0 Å². The molecule has 0 aromatic heterocycles. The molecule has 0 saturated carbocycles. The van der Waals surface area contributed by atoms with Gasteiger partial charge in [-0.2, -0.15) is 5.26 Å². The van der Waals surface area contributed by atoms with E-state index in [0.717, 1.165) is 31.9 Å². The third-order valence-electron chi connectivity index (χ3n) is 2.92. The van der Waals surface area contributed by atoms with Crippen LogP contribution in [0, 0.1) is 11.3 Å². The Bertz CT molecular complexity index is 417. The first-order valence-corrected chi connectivity index (χ1v) is 5.71. The van der Waals surface area contributed by atoms with Gasteiger partial charge in [0.05, 0.1) is 11.3 Å². The summed E-state index contributed by atoms with van der Waals surface area (Å²) in [7, 11) is 2.12. The van der Waals surface area contributed by atoms with Crippen molar-refractivity contribution in [2.24, 2.45) is 0 Å². The summed E-state index contributed by atoms with van der Waals surface area (Å²) in [6.07, 6.45) is 0. The average molecular weight is 236 g/mol. The molecule has 0 unspecified atom stereocenters. The summed E-state index contributed by atoms with van der Waals surface area (Å²) in [5.41, 5.74) is 1.66. The van der Waals surface area contributed by atoms with Crippen LogP contribution < -0.4 is 4.90 Å². The largest absolute Gasteiger partial charge is 0.368 e. The van der Waals surface area contributed by atoms with Crippen LogP contribution in [0.4, 0.5) is 5.69 Å². The highest BCUT2D eigenvalue weighted by atomic mass is 35.5. The van der Waals surface area contributed by atoms with Crippen LogP contribution in [0.2, 0.25) is 5.02 Å². The zero-order chi connectivity index (χ0) is 11.5. The van der Waals surface area contributed by atoms with Gasteiger partial charge < -0.3 is 9.80 Å². The quantitative estimate of drug-likeness (QED) is 0.746. The van der Waals surface area contributed by atoms with Gasteiger partial charge in [-0.1, -0.05) is 11.6 Å². The third kappa shape index (κ3) is 2.29. The van der Waals surface area contributed by atoms with E-state index in [1.807, 2.05) is 12.1 Å². The molecule has 0 radical (unpaired) electrons. The van der Waals surface area contributed by atoms with Gasteiger partial charge in [-0.25, -0.2) is 0 Å². The van der Waals surface area contributed by atoms with Crippen LogP contribution in [0.25, 0.3) is 0 Å². The molecule has 1 fully saturated rings. The van der Waals surface area contributed by atoms with Crippen LogP contribution in [0.5, 0.6) is 0 Å². The van der Waals surface area contributed by atoms with Gasteiger partial charge in [-0.15, -0.1) is 0 Å². The van der Waals surface area contributed by atoms with Gasteiger partial charge in [-0.05, 0) is 25.2 Å². The Morgan fingerprint density at radius 2 is 1.94 bits per heavy atom. The van der Waals surface area contributed by atoms with Crippen LogP contribution in [0.3, 0.4) is 0 Å². The fraction of sp³-hybridized carbons (Fsp3) is 0.417. The monoisotopic (exact) mass is 235 g/mol. The molecule has 1 heterocycles. The second-order valence-electron chi connectivity index (χ2n) is 4.06. The van der Waals surface area contributed by atoms with Crippen molar-refractivity contribution in [1.82, 2.24) is 4.90 Å². The Morgan fingerprint density at radius 1 is 1.25 bits per heavy atom. The summed E-state index contributed by atoms with van der Waals surface area (Å²) in [6, 6.07) is 7.72. The second kappa shape index (κ2) is 4.73. The maximum atomic E-state index is 9.08. The van der Waals surface area contributed by atoms with E-state index < -0.39 is 0 Å². The highest BCUT2D eigenvalue weighted by Gasteiger charge is 2.16. The number of hydrogen-bond acceptors (Lipinski definition) is 3. The van der Waals surface area contributed by atoms with Gasteiger partial charge in [0.1, 0.15) is 6.07 Å².